The summed E-state index contributed by atoms with van der Waals surface area (Å²) in [4.78, 5) is 20.8. The lowest BCUT2D eigenvalue weighted by Crippen LogP contribution is -2.45. The van der Waals surface area contributed by atoms with Gasteiger partial charge in [-0.05, 0) is 23.2 Å². The molecule has 0 aliphatic carbocycles. The van der Waals surface area contributed by atoms with Crippen molar-refractivity contribution >= 4 is 64.7 Å². The number of hydrogen-bond donors (Lipinski definition) is 1. The third-order valence-electron chi connectivity index (χ3n) is 6.73. The molecule has 0 amide bonds. The van der Waals surface area contributed by atoms with E-state index in [4.69, 9.17) is 46.3 Å². The fourth-order valence-corrected chi connectivity index (χ4v) is 5.59. The number of aliphatic hydroxyl groups excluding tert-OH is 1. The summed E-state index contributed by atoms with van der Waals surface area (Å²) in [6.07, 6.45) is 3.54. The molecule has 21 heteroatoms. The van der Waals surface area contributed by atoms with Crippen molar-refractivity contribution in [3.8, 4) is 11.5 Å². The molecule has 16 nitrogen and oxygen atoms in total. The number of morpholine rings is 2. The summed E-state index contributed by atoms with van der Waals surface area (Å²) in [5.74, 6) is 2.21. The molecule has 2 aromatic rings. The Morgan fingerprint density at radius 3 is 1.69 bits per heavy atom. The van der Waals surface area contributed by atoms with Crippen LogP contribution in [-0.2, 0) is 46.0 Å². The molecular formula is C24H33Cl3N6O10S2. The van der Waals surface area contributed by atoms with E-state index in [2.05, 4.69) is 40.4 Å². The van der Waals surface area contributed by atoms with Crippen molar-refractivity contribution in [3.63, 3.8) is 0 Å². The minimum absolute atomic E-state index is 0.0293. The second-order valence-electron chi connectivity index (χ2n) is 10.1. The second-order valence-corrected chi connectivity index (χ2v) is 15.5. The standard InChI is InChI=1S/C12H16ClN3O5S.C11H14ClN3O3.CH3ClO2S/c1-22(17,18)21-7-9-10-11(15-12(13)14-9)16-3-5-19-6-8(16)2-4-20-10;12-11-13-8(5-16)9-10(14-11)15-2-4-17-6-7(15)1-3-18-9;1-5(2,3)4/h8H,2-7H2,1H3;7,16H,1-6H2;1H3/t8-;7-;/m11./s1. The summed E-state index contributed by atoms with van der Waals surface area (Å²) >= 11 is 11.9. The van der Waals surface area contributed by atoms with Crippen LogP contribution in [0.4, 0.5) is 11.6 Å². The predicted octanol–water partition coefficient (Wildman–Crippen LogP) is 1.39. The van der Waals surface area contributed by atoms with Gasteiger partial charge in [0.2, 0.25) is 19.6 Å². The number of rotatable bonds is 4. The Balaban J connectivity index is 0.000000181. The molecule has 1 N–H and O–H groups in total. The highest BCUT2D eigenvalue weighted by Crippen LogP contribution is 2.37. The molecule has 2 atom stereocenters. The quantitative estimate of drug-likeness (QED) is 0.269. The first-order valence-corrected chi connectivity index (χ1v) is 18.9. The number of aromatic nitrogens is 4. The van der Waals surface area contributed by atoms with Gasteiger partial charge in [-0.2, -0.15) is 18.4 Å². The minimum Gasteiger partial charge on any atom is -0.488 e. The minimum atomic E-state index is -3.59. The second kappa shape index (κ2) is 15.7. The number of hydrogen-bond acceptors (Lipinski definition) is 16. The zero-order chi connectivity index (χ0) is 32.8. The third kappa shape index (κ3) is 10.5. The van der Waals surface area contributed by atoms with Crippen molar-refractivity contribution in [2.75, 3.05) is 75.0 Å². The molecule has 0 radical (unpaired) electrons. The molecular weight excluding hydrogens is 703 g/mol. The van der Waals surface area contributed by atoms with Crippen molar-refractivity contribution in [2.24, 2.45) is 0 Å². The predicted molar refractivity (Wildman–Crippen MR) is 164 cm³/mol. The molecule has 0 saturated carbocycles. The van der Waals surface area contributed by atoms with Gasteiger partial charge in [-0.1, -0.05) is 0 Å². The van der Waals surface area contributed by atoms with E-state index < -0.39 is 19.2 Å². The topological polar surface area (TPSA) is 193 Å². The molecule has 0 spiro atoms. The summed E-state index contributed by atoms with van der Waals surface area (Å²) in [7, 11) is -2.28. The van der Waals surface area contributed by atoms with Gasteiger partial charge in [0.1, 0.15) is 18.0 Å². The van der Waals surface area contributed by atoms with Gasteiger partial charge in [0.15, 0.2) is 23.1 Å². The maximum absolute atomic E-state index is 11.2. The van der Waals surface area contributed by atoms with Crippen molar-refractivity contribution < 1.29 is 45.1 Å². The van der Waals surface area contributed by atoms with E-state index in [1.54, 1.807) is 0 Å². The van der Waals surface area contributed by atoms with E-state index in [1.165, 1.54) is 0 Å². The molecule has 2 aromatic heterocycles. The number of aliphatic hydroxyl groups is 1. The van der Waals surface area contributed by atoms with Gasteiger partial charge in [0.25, 0.3) is 10.1 Å². The van der Waals surface area contributed by atoms with Gasteiger partial charge in [-0.15, -0.1) is 0 Å². The van der Waals surface area contributed by atoms with E-state index in [9.17, 15) is 21.9 Å². The van der Waals surface area contributed by atoms with Gasteiger partial charge in [-0.25, -0.2) is 18.4 Å². The zero-order valence-corrected chi connectivity index (χ0v) is 28.3. The van der Waals surface area contributed by atoms with Crippen LogP contribution in [0.15, 0.2) is 0 Å². The highest BCUT2D eigenvalue weighted by atomic mass is 35.7. The van der Waals surface area contributed by atoms with Crippen LogP contribution in [0.1, 0.15) is 24.2 Å². The fourth-order valence-electron chi connectivity index (χ4n) is 4.90. The van der Waals surface area contributed by atoms with Crippen molar-refractivity contribution in [3.05, 3.63) is 22.0 Å². The molecule has 252 valence electrons. The Kier molecular flexibility index (Phi) is 12.5. The molecule has 4 aliphatic rings. The average Bonchev–Trinajstić information content (AvgIpc) is 3.27. The SMILES string of the molecule is CS(=O)(=O)Cl.CS(=O)(=O)OCc1nc(Cl)nc2c1OCC[C@@H]1COCCN21.OCc1nc(Cl)nc2c1OCC[C@@H]1COCCN21. The van der Waals surface area contributed by atoms with Crippen molar-refractivity contribution in [1.82, 2.24) is 19.9 Å². The lowest BCUT2D eigenvalue weighted by atomic mass is 10.1. The zero-order valence-electron chi connectivity index (χ0n) is 24.4. The first-order valence-electron chi connectivity index (χ1n) is 13.7. The number of ether oxygens (including phenoxy) is 4. The van der Waals surface area contributed by atoms with E-state index in [0.717, 1.165) is 31.9 Å². The normalized spacial score (nSPS) is 20.9. The van der Waals surface area contributed by atoms with Crippen LogP contribution in [0.2, 0.25) is 10.6 Å². The van der Waals surface area contributed by atoms with Crippen molar-refractivity contribution in [1.29, 1.82) is 0 Å². The van der Waals surface area contributed by atoms with Crippen LogP contribution in [0.25, 0.3) is 0 Å². The Labute approximate surface area is 275 Å². The van der Waals surface area contributed by atoms with Crippen molar-refractivity contribution in [2.45, 2.75) is 38.1 Å². The van der Waals surface area contributed by atoms with Gasteiger partial charge in [0, 0.05) is 36.6 Å². The molecule has 6 rings (SSSR count). The smallest absolute Gasteiger partial charge is 0.264 e. The van der Waals surface area contributed by atoms with Crippen LogP contribution < -0.4 is 19.3 Å². The lowest BCUT2D eigenvalue weighted by Gasteiger charge is -2.35. The molecule has 45 heavy (non-hydrogen) atoms. The van der Waals surface area contributed by atoms with Gasteiger partial charge < -0.3 is 33.9 Å². The van der Waals surface area contributed by atoms with Crippen LogP contribution in [0, 0.1) is 0 Å². The van der Waals surface area contributed by atoms with E-state index in [-0.39, 0.29) is 35.9 Å². The van der Waals surface area contributed by atoms with E-state index >= 15 is 0 Å². The Hall–Kier alpha value is -2.03. The highest BCUT2D eigenvalue weighted by molar-refractivity contribution is 8.13. The monoisotopic (exact) mass is 734 g/mol. The number of nitrogens with zero attached hydrogens (tertiary/aromatic N) is 6. The Morgan fingerprint density at radius 2 is 1.24 bits per heavy atom. The molecule has 0 bridgehead atoms. The summed E-state index contributed by atoms with van der Waals surface area (Å²) in [6.45, 7) is 4.51. The number of fused-ring (bicyclic) bond motifs is 6. The molecule has 2 saturated heterocycles. The molecule has 0 aromatic carbocycles. The number of anilines is 2. The van der Waals surface area contributed by atoms with Gasteiger partial charge in [0.05, 0.1) is 70.8 Å². The molecule has 2 fully saturated rings. The van der Waals surface area contributed by atoms with Crippen LogP contribution in [-0.4, -0.2) is 119 Å². The summed E-state index contributed by atoms with van der Waals surface area (Å²) in [6, 6.07) is 0.405. The molecule has 6 heterocycles. The maximum Gasteiger partial charge on any atom is 0.264 e. The van der Waals surface area contributed by atoms with Crippen LogP contribution >= 0.6 is 33.9 Å². The van der Waals surface area contributed by atoms with Crippen LogP contribution in [0.5, 0.6) is 11.5 Å². The fraction of sp³-hybridized carbons (Fsp3) is 0.667. The Morgan fingerprint density at radius 1 is 0.800 bits per heavy atom. The lowest BCUT2D eigenvalue weighted by molar-refractivity contribution is 0.0894. The molecule has 0 unspecified atom stereocenters. The molecule has 4 aliphatic heterocycles. The van der Waals surface area contributed by atoms with Crippen LogP contribution in [0.3, 0.4) is 0 Å². The number of halogens is 3. The third-order valence-corrected chi connectivity index (χ3v) is 7.62. The summed E-state index contributed by atoms with van der Waals surface area (Å²) < 4.78 is 68.4. The van der Waals surface area contributed by atoms with E-state index in [1.807, 2.05) is 0 Å². The first-order chi connectivity index (χ1) is 21.2. The van der Waals surface area contributed by atoms with Gasteiger partial charge in [-0.3, -0.25) is 4.18 Å². The largest absolute Gasteiger partial charge is 0.488 e. The highest BCUT2D eigenvalue weighted by Gasteiger charge is 2.33. The van der Waals surface area contributed by atoms with Gasteiger partial charge >= 0.3 is 0 Å². The average molecular weight is 736 g/mol. The first kappa shape index (κ1) is 35.8. The maximum atomic E-state index is 11.2. The van der Waals surface area contributed by atoms with E-state index in [0.29, 0.717) is 80.7 Å². The summed E-state index contributed by atoms with van der Waals surface area (Å²) in [5.41, 5.74) is 0.768. The summed E-state index contributed by atoms with van der Waals surface area (Å²) in [5, 5.41) is 9.50. The Bertz CT molecular complexity index is 1550.